The van der Waals surface area contributed by atoms with Crippen LogP contribution in [0.4, 0.5) is 13.2 Å². The van der Waals surface area contributed by atoms with Gasteiger partial charge < -0.3 is 5.11 Å². The lowest BCUT2D eigenvalue weighted by Crippen LogP contribution is -2.35. The van der Waals surface area contributed by atoms with Crippen LogP contribution in [0.2, 0.25) is 0 Å². The zero-order chi connectivity index (χ0) is 20.1. The van der Waals surface area contributed by atoms with Gasteiger partial charge in [-0.25, -0.2) is 9.67 Å². The third kappa shape index (κ3) is 6.34. The smallest absolute Gasteiger partial charge is 0.390 e. The van der Waals surface area contributed by atoms with Crippen molar-refractivity contribution in [2.24, 2.45) is 5.41 Å². The molecule has 0 saturated heterocycles. The lowest BCUT2D eigenvalue weighted by molar-refractivity contribution is -0.137. The Morgan fingerprint density at radius 3 is 2.44 bits per heavy atom. The van der Waals surface area contributed by atoms with E-state index in [-0.39, 0.29) is 11.5 Å². The zero-order valence-corrected chi connectivity index (χ0v) is 16.1. The van der Waals surface area contributed by atoms with Gasteiger partial charge in [0.1, 0.15) is 12.7 Å². The quantitative estimate of drug-likeness (QED) is 0.649. The number of aliphatic hydroxyl groups is 1. The van der Waals surface area contributed by atoms with E-state index in [1.54, 1.807) is 17.1 Å². The van der Waals surface area contributed by atoms with Gasteiger partial charge in [-0.2, -0.15) is 18.3 Å². The van der Waals surface area contributed by atoms with E-state index in [9.17, 15) is 18.3 Å². The molecule has 2 rings (SSSR count). The number of halogens is 3. The van der Waals surface area contributed by atoms with E-state index in [1.165, 1.54) is 18.5 Å². The Hall–Kier alpha value is -1.89. The molecule has 0 bridgehead atoms. The minimum Gasteiger partial charge on any atom is -0.390 e. The first-order valence-corrected chi connectivity index (χ1v) is 9.27. The molecule has 0 saturated carbocycles. The van der Waals surface area contributed by atoms with Gasteiger partial charge in [0.2, 0.25) is 0 Å². The Morgan fingerprint density at radius 1 is 1.11 bits per heavy atom. The number of aryl methyl sites for hydroxylation is 1. The molecule has 7 heteroatoms. The number of benzene rings is 1. The van der Waals surface area contributed by atoms with E-state index >= 15 is 0 Å². The van der Waals surface area contributed by atoms with Crippen molar-refractivity contribution in [1.82, 2.24) is 14.8 Å². The van der Waals surface area contributed by atoms with Gasteiger partial charge in [-0.05, 0) is 36.3 Å². The fraction of sp³-hybridized carbons (Fsp3) is 0.600. The average Bonchev–Trinajstić information content (AvgIpc) is 3.10. The molecule has 150 valence electrons. The first-order chi connectivity index (χ1) is 12.6. The maximum absolute atomic E-state index is 12.8. The van der Waals surface area contributed by atoms with Crippen molar-refractivity contribution in [2.45, 2.75) is 71.2 Å². The molecule has 4 nitrogen and oxygen atoms in total. The molecule has 0 fully saturated rings. The minimum absolute atomic E-state index is 0.166. The summed E-state index contributed by atoms with van der Waals surface area (Å²) in [5.41, 5.74) is -0.179. The zero-order valence-electron chi connectivity index (χ0n) is 16.1. The van der Waals surface area contributed by atoms with Crippen molar-refractivity contribution in [3.05, 3.63) is 48.0 Å². The van der Waals surface area contributed by atoms with E-state index < -0.39 is 17.8 Å². The molecule has 1 aromatic heterocycles. The van der Waals surface area contributed by atoms with Crippen LogP contribution >= 0.6 is 0 Å². The lowest BCUT2D eigenvalue weighted by atomic mass is 9.83. The van der Waals surface area contributed by atoms with Gasteiger partial charge in [-0.15, -0.1) is 0 Å². The van der Waals surface area contributed by atoms with Crippen LogP contribution in [0.15, 0.2) is 36.9 Å². The summed E-state index contributed by atoms with van der Waals surface area (Å²) in [6, 6.07) is 5.35. The van der Waals surface area contributed by atoms with E-state index in [4.69, 9.17) is 0 Å². The van der Waals surface area contributed by atoms with Crippen molar-refractivity contribution in [3.63, 3.8) is 0 Å². The topological polar surface area (TPSA) is 50.9 Å². The molecule has 2 unspecified atom stereocenters. The Kier molecular flexibility index (Phi) is 7.03. The summed E-state index contributed by atoms with van der Waals surface area (Å²) in [6.07, 6.45) is 2.08. The number of unbranched alkanes of at least 4 members (excludes halogenated alkanes) is 2. The second-order valence-corrected chi connectivity index (χ2v) is 8.05. The molecular formula is C20H28F3N3O. The van der Waals surface area contributed by atoms with Crippen LogP contribution in [0.25, 0.3) is 0 Å². The molecule has 0 aliphatic carbocycles. The maximum Gasteiger partial charge on any atom is 0.416 e. The van der Waals surface area contributed by atoms with E-state index in [0.717, 1.165) is 31.7 Å². The first-order valence-electron chi connectivity index (χ1n) is 9.27. The summed E-state index contributed by atoms with van der Waals surface area (Å²) in [6.45, 7) is 5.94. The number of hydrogen-bond acceptors (Lipinski definition) is 3. The molecule has 0 amide bonds. The number of alkyl halides is 3. The van der Waals surface area contributed by atoms with Crippen LogP contribution in [-0.4, -0.2) is 26.0 Å². The number of aromatic nitrogens is 3. The Bertz CT molecular complexity index is 693. The summed E-state index contributed by atoms with van der Waals surface area (Å²) in [5.74, 6) is 0. The number of rotatable bonds is 8. The van der Waals surface area contributed by atoms with Gasteiger partial charge in [0.15, 0.2) is 0 Å². The molecular weight excluding hydrogens is 355 g/mol. The first kappa shape index (κ1) is 21.4. The highest BCUT2D eigenvalue weighted by molar-refractivity contribution is 5.25. The molecule has 1 heterocycles. The Balaban J connectivity index is 1.86. The third-order valence-corrected chi connectivity index (χ3v) is 4.75. The summed E-state index contributed by atoms with van der Waals surface area (Å²) in [5, 5.41) is 14.8. The van der Waals surface area contributed by atoms with Gasteiger partial charge in [0.25, 0.3) is 0 Å². The average molecular weight is 383 g/mol. The van der Waals surface area contributed by atoms with Gasteiger partial charge in [-0.1, -0.05) is 51.8 Å². The van der Waals surface area contributed by atoms with Crippen LogP contribution in [0.3, 0.4) is 0 Å². The van der Waals surface area contributed by atoms with Crippen molar-refractivity contribution in [2.75, 3.05) is 0 Å². The summed E-state index contributed by atoms with van der Waals surface area (Å²) < 4.78 is 40.0. The third-order valence-electron chi connectivity index (χ3n) is 4.75. The second-order valence-electron chi connectivity index (χ2n) is 8.05. The van der Waals surface area contributed by atoms with Gasteiger partial charge in [0.05, 0.1) is 17.7 Å². The van der Waals surface area contributed by atoms with Crippen LogP contribution in [0, 0.1) is 5.41 Å². The summed E-state index contributed by atoms with van der Waals surface area (Å²) in [4.78, 5) is 3.97. The second kappa shape index (κ2) is 8.87. The van der Waals surface area contributed by atoms with Gasteiger partial charge in [-0.3, -0.25) is 0 Å². The van der Waals surface area contributed by atoms with Gasteiger partial charge in [0, 0.05) is 0 Å². The van der Waals surface area contributed by atoms with Crippen molar-refractivity contribution in [3.8, 4) is 0 Å². The highest BCUT2D eigenvalue weighted by Gasteiger charge is 2.32. The van der Waals surface area contributed by atoms with Crippen LogP contribution in [0.1, 0.15) is 63.6 Å². The predicted molar refractivity (Wildman–Crippen MR) is 98.1 cm³/mol. The monoisotopic (exact) mass is 383 g/mol. The minimum atomic E-state index is -4.30. The molecule has 0 radical (unpaired) electrons. The van der Waals surface area contributed by atoms with Gasteiger partial charge >= 0.3 is 6.18 Å². The summed E-state index contributed by atoms with van der Waals surface area (Å²) in [7, 11) is 0. The SMILES string of the molecule is CC(C)(C)C(O)C(CCCCCc1cccc(C(F)(F)F)c1)n1cncn1. The maximum atomic E-state index is 12.8. The molecule has 2 atom stereocenters. The number of aliphatic hydroxyl groups excluding tert-OH is 1. The fourth-order valence-electron chi connectivity index (χ4n) is 3.16. The van der Waals surface area contributed by atoms with E-state index in [2.05, 4.69) is 10.1 Å². The van der Waals surface area contributed by atoms with Crippen LogP contribution in [0.5, 0.6) is 0 Å². The molecule has 1 N–H and O–H groups in total. The van der Waals surface area contributed by atoms with E-state index in [1.807, 2.05) is 20.8 Å². The number of nitrogens with zero attached hydrogens (tertiary/aromatic N) is 3. The Morgan fingerprint density at radius 2 is 1.85 bits per heavy atom. The molecule has 0 aliphatic heterocycles. The molecule has 27 heavy (non-hydrogen) atoms. The lowest BCUT2D eigenvalue weighted by Gasteiger charge is -2.33. The van der Waals surface area contributed by atoms with Crippen LogP contribution < -0.4 is 0 Å². The standard InChI is InChI=1S/C20H28F3N3O/c1-19(2,3)18(27)17(26-14-24-13-25-26)11-6-4-5-8-15-9-7-10-16(12-15)20(21,22)23/h7,9-10,12-14,17-18,27H,4-6,8,11H2,1-3H3. The van der Waals surface area contributed by atoms with Crippen molar-refractivity contribution < 1.29 is 18.3 Å². The highest BCUT2D eigenvalue weighted by atomic mass is 19.4. The molecule has 0 spiro atoms. The fourth-order valence-corrected chi connectivity index (χ4v) is 3.16. The summed E-state index contributed by atoms with van der Waals surface area (Å²) >= 11 is 0. The predicted octanol–water partition coefficient (Wildman–Crippen LogP) is 5.05. The molecule has 2 aromatic rings. The van der Waals surface area contributed by atoms with E-state index in [0.29, 0.717) is 12.0 Å². The molecule has 1 aromatic carbocycles. The van der Waals surface area contributed by atoms with Crippen molar-refractivity contribution in [1.29, 1.82) is 0 Å². The van der Waals surface area contributed by atoms with Crippen molar-refractivity contribution >= 4 is 0 Å². The largest absolute Gasteiger partial charge is 0.416 e. The highest BCUT2D eigenvalue weighted by Crippen LogP contribution is 2.32. The van der Waals surface area contributed by atoms with Crippen LogP contribution in [-0.2, 0) is 12.6 Å². The normalized spacial score (nSPS) is 14.9. The Labute approximate surface area is 158 Å². The number of hydrogen-bond donors (Lipinski definition) is 1. The molecule has 0 aliphatic rings.